The molecule has 2 rings (SSSR count). The summed E-state index contributed by atoms with van der Waals surface area (Å²) in [4.78, 5) is 0. The molecule has 0 aliphatic carbocycles. The third kappa shape index (κ3) is 3.80. The van der Waals surface area contributed by atoms with Crippen LogP contribution in [0.2, 0.25) is 0 Å². The average molecular weight is 281 g/mol. The molecule has 0 amide bonds. The smallest absolute Gasteiger partial charge is 0.151 e. The summed E-state index contributed by atoms with van der Waals surface area (Å²) in [7, 11) is -2.82. The van der Waals surface area contributed by atoms with Gasteiger partial charge < -0.3 is 5.32 Å². The molecule has 1 aliphatic rings. The van der Waals surface area contributed by atoms with E-state index in [0.29, 0.717) is 5.75 Å². The lowest BCUT2D eigenvalue weighted by molar-refractivity contribution is 0.479. The standard InChI is InChI=1S/C15H23NO2S/c1-11-7-13(3)14(8-12(11)2)9-16-15-5-4-6-19(17,18)10-15/h7-8,15-16H,4-6,9-10H2,1-3H3. The van der Waals surface area contributed by atoms with Crippen LogP contribution in [-0.4, -0.2) is 26.0 Å². The third-order valence-electron chi connectivity index (χ3n) is 4.00. The third-order valence-corrected chi connectivity index (χ3v) is 5.82. The maximum atomic E-state index is 11.6. The molecule has 1 atom stereocenters. The molecule has 19 heavy (non-hydrogen) atoms. The van der Waals surface area contributed by atoms with Gasteiger partial charge in [0.1, 0.15) is 0 Å². The summed E-state index contributed by atoms with van der Waals surface area (Å²) in [6.07, 6.45) is 1.75. The SMILES string of the molecule is Cc1cc(C)c(CNC2CCCS(=O)(=O)C2)cc1C. The van der Waals surface area contributed by atoms with E-state index in [9.17, 15) is 8.42 Å². The summed E-state index contributed by atoms with van der Waals surface area (Å²) >= 11 is 0. The molecule has 1 aliphatic heterocycles. The van der Waals surface area contributed by atoms with E-state index in [1.165, 1.54) is 22.3 Å². The molecule has 1 heterocycles. The lowest BCUT2D eigenvalue weighted by Crippen LogP contribution is -2.39. The first kappa shape index (κ1) is 14.5. The molecule has 1 aromatic carbocycles. The summed E-state index contributed by atoms with van der Waals surface area (Å²) in [5.41, 5.74) is 5.14. The minimum absolute atomic E-state index is 0.111. The molecule has 0 aromatic heterocycles. The predicted octanol–water partition coefficient (Wildman–Crippen LogP) is 2.28. The van der Waals surface area contributed by atoms with Gasteiger partial charge in [-0.2, -0.15) is 0 Å². The number of nitrogens with one attached hydrogen (secondary N) is 1. The lowest BCUT2D eigenvalue weighted by atomic mass is 10.0. The fourth-order valence-corrected chi connectivity index (χ4v) is 4.32. The molecule has 1 unspecified atom stereocenters. The zero-order chi connectivity index (χ0) is 14.0. The van der Waals surface area contributed by atoms with Crippen molar-refractivity contribution < 1.29 is 8.42 Å². The van der Waals surface area contributed by atoms with Crippen LogP contribution in [-0.2, 0) is 16.4 Å². The van der Waals surface area contributed by atoms with Crippen LogP contribution in [0.25, 0.3) is 0 Å². The van der Waals surface area contributed by atoms with Gasteiger partial charge in [0, 0.05) is 12.6 Å². The second-order valence-corrected chi connectivity index (χ2v) is 7.93. The molecule has 0 saturated carbocycles. The fourth-order valence-electron chi connectivity index (χ4n) is 2.65. The van der Waals surface area contributed by atoms with Gasteiger partial charge in [-0.3, -0.25) is 0 Å². The quantitative estimate of drug-likeness (QED) is 0.924. The molecular weight excluding hydrogens is 258 g/mol. The van der Waals surface area contributed by atoms with E-state index in [-0.39, 0.29) is 11.8 Å². The maximum absolute atomic E-state index is 11.6. The van der Waals surface area contributed by atoms with E-state index in [4.69, 9.17) is 0 Å². The van der Waals surface area contributed by atoms with Crippen molar-refractivity contribution in [2.75, 3.05) is 11.5 Å². The Balaban J connectivity index is 2.01. The molecule has 106 valence electrons. The van der Waals surface area contributed by atoms with Gasteiger partial charge in [0.25, 0.3) is 0 Å². The fraction of sp³-hybridized carbons (Fsp3) is 0.600. The highest BCUT2D eigenvalue weighted by Gasteiger charge is 2.24. The number of benzene rings is 1. The number of aryl methyl sites for hydroxylation is 3. The van der Waals surface area contributed by atoms with Crippen molar-refractivity contribution in [3.05, 3.63) is 34.4 Å². The van der Waals surface area contributed by atoms with Crippen molar-refractivity contribution in [3.8, 4) is 0 Å². The highest BCUT2D eigenvalue weighted by molar-refractivity contribution is 7.91. The first-order valence-corrected chi connectivity index (χ1v) is 8.70. The number of rotatable bonds is 3. The Bertz CT molecular complexity index is 564. The Hall–Kier alpha value is -0.870. The van der Waals surface area contributed by atoms with Crippen LogP contribution in [0, 0.1) is 20.8 Å². The zero-order valence-corrected chi connectivity index (χ0v) is 12.8. The topological polar surface area (TPSA) is 46.2 Å². The molecule has 1 fully saturated rings. The Morgan fingerprint density at radius 3 is 2.53 bits per heavy atom. The van der Waals surface area contributed by atoms with Crippen LogP contribution < -0.4 is 5.32 Å². The van der Waals surface area contributed by atoms with Gasteiger partial charge in [-0.05, 0) is 55.9 Å². The van der Waals surface area contributed by atoms with Crippen molar-refractivity contribution in [1.29, 1.82) is 0 Å². The summed E-state index contributed by atoms with van der Waals surface area (Å²) in [5, 5.41) is 3.40. The minimum Gasteiger partial charge on any atom is -0.309 e. The van der Waals surface area contributed by atoms with Crippen molar-refractivity contribution in [3.63, 3.8) is 0 Å². The first-order chi connectivity index (χ1) is 8.87. The molecule has 0 radical (unpaired) electrons. The molecule has 1 saturated heterocycles. The van der Waals surface area contributed by atoms with Gasteiger partial charge in [-0.1, -0.05) is 12.1 Å². The van der Waals surface area contributed by atoms with Crippen molar-refractivity contribution >= 4 is 9.84 Å². The molecule has 3 nitrogen and oxygen atoms in total. The van der Waals surface area contributed by atoms with Crippen LogP contribution in [0.4, 0.5) is 0 Å². The van der Waals surface area contributed by atoms with Gasteiger partial charge in [0.05, 0.1) is 11.5 Å². The molecule has 1 N–H and O–H groups in total. The van der Waals surface area contributed by atoms with E-state index < -0.39 is 9.84 Å². The van der Waals surface area contributed by atoms with Crippen LogP contribution in [0.15, 0.2) is 12.1 Å². The minimum atomic E-state index is -2.82. The number of hydrogen-bond acceptors (Lipinski definition) is 3. The van der Waals surface area contributed by atoms with Crippen LogP contribution in [0.5, 0.6) is 0 Å². The Morgan fingerprint density at radius 1 is 1.16 bits per heavy atom. The molecule has 0 bridgehead atoms. The lowest BCUT2D eigenvalue weighted by Gasteiger charge is -2.23. The summed E-state index contributed by atoms with van der Waals surface area (Å²) in [6, 6.07) is 4.51. The van der Waals surface area contributed by atoms with E-state index >= 15 is 0 Å². The van der Waals surface area contributed by atoms with Gasteiger partial charge in [-0.25, -0.2) is 8.42 Å². The Labute approximate surface area is 116 Å². The molecular formula is C15H23NO2S. The van der Waals surface area contributed by atoms with Crippen molar-refractivity contribution in [2.45, 2.75) is 46.2 Å². The van der Waals surface area contributed by atoms with Crippen molar-refractivity contribution in [2.24, 2.45) is 0 Å². The maximum Gasteiger partial charge on any atom is 0.151 e. The number of hydrogen-bond donors (Lipinski definition) is 1. The zero-order valence-electron chi connectivity index (χ0n) is 12.0. The molecule has 0 spiro atoms. The highest BCUT2D eigenvalue weighted by atomic mass is 32.2. The Morgan fingerprint density at radius 2 is 1.84 bits per heavy atom. The average Bonchev–Trinajstić information content (AvgIpc) is 2.31. The number of sulfone groups is 1. The van der Waals surface area contributed by atoms with Crippen molar-refractivity contribution in [1.82, 2.24) is 5.32 Å². The Kier molecular flexibility index (Phi) is 4.31. The summed E-state index contributed by atoms with van der Waals surface area (Å²) in [6.45, 7) is 7.10. The second-order valence-electron chi connectivity index (χ2n) is 5.70. The monoisotopic (exact) mass is 281 g/mol. The predicted molar refractivity (Wildman–Crippen MR) is 79.2 cm³/mol. The summed E-state index contributed by atoms with van der Waals surface area (Å²) in [5.74, 6) is 0.644. The first-order valence-electron chi connectivity index (χ1n) is 6.88. The van der Waals surface area contributed by atoms with Gasteiger partial charge in [-0.15, -0.1) is 0 Å². The van der Waals surface area contributed by atoms with Gasteiger partial charge in [0.2, 0.25) is 0 Å². The largest absolute Gasteiger partial charge is 0.309 e. The van der Waals surface area contributed by atoms with E-state index in [1.54, 1.807) is 0 Å². The second kappa shape index (κ2) is 5.63. The van der Waals surface area contributed by atoms with E-state index in [2.05, 4.69) is 38.2 Å². The van der Waals surface area contributed by atoms with Gasteiger partial charge in [0.15, 0.2) is 9.84 Å². The normalized spacial score (nSPS) is 22.4. The summed E-state index contributed by atoms with van der Waals surface area (Å²) < 4.78 is 23.2. The van der Waals surface area contributed by atoms with Crippen LogP contribution in [0.3, 0.4) is 0 Å². The van der Waals surface area contributed by atoms with Gasteiger partial charge >= 0.3 is 0 Å². The highest BCUT2D eigenvalue weighted by Crippen LogP contribution is 2.17. The van der Waals surface area contributed by atoms with E-state index in [0.717, 1.165) is 19.4 Å². The van der Waals surface area contributed by atoms with Crippen LogP contribution in [0.1, 0.15) is 35.1 Å². The molecule has 4 heteroatoms. The molecule has 1 aromatic rings. The van der Waals surface area contributed by atoms with E-state index in [1.807, 2.05) is 0 Å². The van der Waals surface area contributed by atoms with Crippen LogP contribution >= 0.6 is 0 Å².